The van der Waals surface area contributed by atoms with E-state index in [0.29, 0.717) is 32.7 Å². The largest absolute Gasteiger partial charge is 0.475 e. The zero-order valence-corrected chi connectivity index (χ0v) is 18.7. The second-order valence-corrected chi connectivity index (χ2v) is 8.60. The molecule has 2 aromatic carbocycles. The zero-order valence-electron chi connectivity index (χ0n) is 18.7. The third kappa shape index (κ3) is 6.45. The average Bonchev–Trinajstić information content (AvgIpc) is 2.78. The van der Waals surface area contributed by atoms with E-state index in [-0.39, 0.29) is 18.4 Å². The van der Waals surface area contributed by atoms with Crippen LogP contribution in [0, 0.1) is 5.92 Å². The van der Waals surface area contributed by atoms with Crippen molar-refractivity contribution < 1.29 is 24.4 Å². The van der Waals surface area contributed by atoms with Gasteiger partial charge in [0.15, 0.2) is 0 Å². The summed E-state index contributed by atoms with van der Waals surface area (Å²) in [6, 6.07) is 12.5. The van der Waals surface area contributed by atoms with Gasteiger partial charge >= 0.3 is 13.1 Å². The molecule has 9 heteroatoms. The highest BCUT2D eigenvalue weighted by Gasteiger charge is 2.31. The fraction of sp³-hybridized carbons (Fsp3) is 0.478. The molecule has 2 aromatic rings. The van der Waals surface area contributed by atoms with E-state index in [1.165, 1.54) is 0 Å². The summed E-state index contributed by atoms with van der Waals surface area (Å²) in [4.78, 5) is 27.7. The van der Waals surface area contributed by atoms with Gasteiger partial charge in [0, 0.05) is 19.5 Å². The van der Waals surface area contributed by atoms with Gasteiger partial charge in [-0.1, -0.05) is 56.3 Å². The minimum Gasteiger partial charge on any atom is -0.426 e. The summed E-state index contributed by atoms with van der Waals surface area (Å²) >= 11 is 0. The average molecular weight is 441 g/mol. The van der Waals surface area contributed by atoms with E-state index in [1.807, 2.05) is 56.3 Å². The third-order valence-electron chi connectivity index (χ3n) is 5.63. The van der Waals surface area contributed by atoms with Crippen LogP contribution in [0.2, 0.25) is 0 Å². The number of fused-ring (bicyclic) bond motifs is 1. The quantitative estimate of drug-likeness (QED) is 0.462. The Labute approximate surface area is 189 Å². The van der Waals surface area contributed by atoms with Crippen molar-refractivity contribution in [1.82, 2.24) is 15.5 Å². The lowest BCUT2D eigenvalue weighted by Gasteiger charge is -2.30. The van der Waals surface area contributed by atoms with Gasteiger partial charge in [0.05, 0.1) is 19.2 Å². The third-order valence-corrected chi connectivity index (χ3v) is 5.63. The van der Waals surface area contributed by atoms with Gasteiger partial charge in [-0.2, -0.15) is 0 Å². The summed E-state index contributed by atoms with van der Waals surface area (Å²) in [5.74, 6) is -1.11. The molecule has 1 fully saturated rings. The van der Waals surface area contributed by atoms with Crippen LogP contribution in [0.25, 0.3) is 10.8 Å². The van der Waals surface area contributed by atoms with Crippen molar-refractivity contribution in [3.63, 3.8) is 0 Å². The minimum absolute atomic E-state index is 0.154. The molecule has 8 nitrogen and oxygen atoms in total. The first-order valence-corrected chi connectivity index (χ1v) is 11.1. The number of nitrogens with one attached hydrogen (secondary N) is 2. The first-order chi connectivity index (χ1) is 15.3. The van der Waals surface area contributed by atoms with Gasteiger partial charge in [0.25, 0.3) is 0 Å². The molecule has 0 aromatic heterocycles. The molecule has 0 spiro atoms. The van der Waals surface area contributed by atoms with E-state index in [4.69, 9.17) is 4.74 Å². The van der Waals surface area contributed by atoms with Crippen molar-refractivity contribution in [3.05, 3.63) is 48.0 Å². The van der Waals surface area contributed by atoms with Crippen molar-refractivity contribution in [1.29, 1.82) is 0 Å². The molecule has 1 heterocycles. The lowest BCUT2D eigenvalue weighted by molar-refractivity contribution is -0.123. The van der Waals surface area contributed by atoms with Crippen molar-refractivity contribution in [2.45, 2.75) is 38.7 Å². The van der Waals surface area contributed by atoms with Crippen molar-refractivity contribution in [2.24, 2.45) is 5.92 Å². The van der Waals surface area contributed by atoms with Gasteiger partial charge < -0.3 is 30.3 Å². The Kier molecular flexibility index (Phi) is 8.49. The standard InChI is InChI=1S/C23H32BN3O5/c1-16(2)14-21(24(30)31)26-22(28)20(25-23(29)27-10-12-32-13-11-27)15-18-8-5-7-17-6-3-4-9-19(17)18/h3-9,16,20-21,30-31H,10-15H2,1-2H3,(H,25,29)(H,26,28)/t20-,21-/m0/s1. The van der Waals surface area contributed by atoms with Crippen LogP contribution in [0.3, 0.4) is 0 Å². The Balaban J connectivity index is 1.82. The Morgan fingerprint density at radius 1 is 1.06 bits per heavy atom. The van der Waals surface area contributed by atoms with Gasteiger partial charge in [-0.25, -0.2) is 4.79 Å². The van der Waals surface area contributed by atoms with Gasteiger partial charge in [0.2, 0.25) is 5.91 Å². The zero-order chi connectivity index (χ0) is 23.1. The number of nitrogens with zero attached hydrogens (tertiary/aromatic N) is 1. The first-order valence-electron chi connectivity index (χ1n) is 11.1. The smallest absolute Gasteiger partial charge is 0.426 e. The summed E-state index contributed by atoms with van der Waals surface area (Å²) in [7, 11) is -1.69. The Hall–Kier alpha value is -2.62. The second kappa shape index (κ2) is 11.3. The monoisotopic (exact) mass is 441 g/mol. The number of rotatable bonds is 8. The molecule has 172 valence electrons. The van der Waals surface area contributed by atoms with Crippen molar-refractivity contribution >= 4 is 29.8 Å². The fourth-order valence-electron chi connectivity index (χ4n) is 3.95. The number of benzene rings is 2. The molecule has 0 radical (unpaired) electrons. The normalized spacial score (nSPS) is 16.0. The lowest BCUT2D eigenvalue weighted by atomic mass is 9.75. The Morgan fingerprint density at radius 2 is 1.75 bits per heavy atom. The van der Waals surface area contributed by atoms with Crippen molar-refractivity contribution in [2.75, 3.05) is 26.3 Å². The molecule has 1 saturated heterocycles. The summed E-state index contributed by atoms with van der Waals surface area (Å²) in [6.07, 6.45) is 0.682. The van der Waals surface area contributed by atoms with Gasteiger partial charge in [-0.05, 0) is 28.7 Å². The molecule has 3 amide bonds. The van der Waals surface area contributed by atoms with E-state index in [1.54, 1.807) is 4.90 Å². The summed E-state index contributed by atoms with van der Waals surface area (Å²) < 4.78 is 5.31. The van der Waals surface area contributed by atoms with E-state index < -0.39 is 25.0 Å². The second-order valence-electron chi connectivity index (χ2n) is 8.60. The molecule has 1 aliphatic heterocycles. The summed E-state index contributed by atoms with van der Waals surface area (Å²) in [5.41, 5.74) is 0.926. The number of morpholine rings is 1. The van der Waals surface area contributed by atoms with E-state index >= 15 is 0 Å². The molecular formula is C23H32BN3O5. The molecule has 0 aliphatic carbocycles. The van der Waals surface area contributed by atoms with Crippen molar-refractivity contribution in [3.8, 4) is 0 Å². The maximum absolute atomic E-state index is 13.2. The van der Waals surface area contributed by atoms with Crippen LogP contribution >= 0.6 is 0 Å². The predicted octanol–water partition coefficient (Wildman–Crippen LogP) is 1.34. The molecule has 32 heavy (non-hydrogen) atoms. The number of carbonyl (C=O) groups excluding carboxylic acids is 2. The molecular weight excluding hydrogens is 409 g/mol. The van der Waals surface area contributed by atoms with Gasteiger partial charge in [-0.3, -0.25) is 4.79 Å². The molecule has 4 N–H and O–H groups in total. The van der Waals surface area contributed by atoms with E-state index in [2.05, 4.69) is 10.6 Å². The molecule has 1 aliphatic rings. The molecule has 0 saturated carbocycles. The van der Waals surface area contributed by atoms with Crippen LogP contribution in [0.1, 0.15) is 25.8 Å². The molecule has 0 unspecified atom stereocenters. The number of carbonyl (C=O) groups is 2. The Bertz CT molecular complexity index is 912. The number of ether oxygens (including phenoxy) is 1. The van der Waals surface area contributed by atoms with E-state index in [9.17, 15) is 19.6 Å². The van der Waals surface area contributed by atoms with Crippen LogP contribution in [-0.2, 0) is 16.0 Å². The molecule has 2 atom stereocenters. The van der Waals surface area contributed by atoms with Crippen LogP contribution < -0.4 is 10.6 Å². The van der Waals surface area contributed by atoms with E-state index in [0.717, 1.165) is 16.3 Å². The predicted molar refractivity (Wildman–Crippen MR) is 124 cm³/mol. The summed E-state index contributed by atoms with van der Waals surface area (Å²) in [6.45, 7) is 5.71. The highest BCUT2D eigenvalue weighted by Crippen LogP contribution is 2.20. The maximum atomic E-state index is 13.2. The Morgan fingerprint density at radius 3 is 2.44 bits per heavy atom. The number of amides is 3. The summed E-state index contributed by atoms with van der Waals surface area (Å²) in [5, 5.41) is 27.1. The topological polar surface area (TPSA) is 111 Å². The number of hydrogen-bond acceptors (Lipinski definition) is 5. The number of hydrogen-bond donors (Lipinski definition) is 4. The van der Waals surface area contributed by atoms with Gasteiger partial charge in [0.1, 0.15) is 6.04 Å². The van der Waals surface area contributed by atoms with Crippen LogP contribution in [0.4, 0.5) is 4.79 Å². The SMILES string of the molecule is CC(C)C[C@H](NC(=O)[C@H](Cc1cccc2ccccc12)NC(=O)N1CCOCC1)B(O)O. The fourth-order valence-corrected chi connectivity index (χ4v) is 3.95. The van der Waals surface area contributed by atoms with Crippen LogP contribution in [-0.4, -0.2) is 72.3 Å². The van der Waals surface area contributed by atoms with Gasteiger partial charge in [-0.15, -0.1) is 0 Å². The highest BCUT2D eigenvalue weighted by molar-refractivity contribution is 6.43. The number of urea groups is 1. The maximum Gasteiger partial charge on any atom is 0.475 e. The highest BCUT2D eigenvalue weighted by atomic mass is 16.5. The first kappa shape index (κ1) is 24.0. The van der Waals surface area contributed by atoms with Crippen LogP contribution in [0.15, 0.2) is 42.5 Å². The van der Waals surface area contributed by atoms with Crippen LogP contribution in [0.5, 0.6) is 0 Å². The lowest BCUT2D eigenvalue weighted by Crippen LogP contribution is -2.57. The molecule has 0 bridgehead atoms. The molecule has 3 rings (SSSR count). The minimum atomic E-state index is -1.69.